The standard InChI is InChI=1S/C36H24N2.C35H22N2.C33H18N2/c1-21(2)28-12-11-22(20-37)13-29(28)27-16-32-30-14-23-7-3-5-9-25(23)18-34(30)38-35-19-26-10-6-4-8-24(26)15-31(35)33(17-27)36(32)38;1-20-11-22(19-36)12-21(2)34(20)27-15-30-28-13-23-7-3-5-9-25(23)17-32(28)37-33-18-26-10-6-4-8-24(26)14-29(33)31(16-27)35(30)37;34-19-20-9-11-21(12-10-20)26-15-29-27-13-22-5-1-3-7-24(22)17-31(27)35-32-18-25-8-4-2-6-23(25)14-28(32)30(16-26)33(29)35/h3-19,21H,1-2H3;3-18H,1-2H3;1-18H. The summed E-state index contributed by atoms with van der Waals surface area (Å²) in [5.74, 6) is 0.350. The van der Waals surface area contributed by atoms with Gasteiger partial charge < -0.3 is 13.2 Å². The molecule has 0 radical (unpaired) electrons. The molecule has 24 rings (SSSR count). The second-order valence-corrected chi connectivity index (χ2v) is 30.4. The first-order valence-electron chi connectivity index (χ1n) is 37.7. The van der Waals surface area contributed by atoms with Gasteiger partial charge in [0.15, 0.2) is 0 Å². The molecular formula is C104H64N6. The van der Waals surface area contributed by atoms with Crippen molar-refractivity contribution in [1.82, 2.24) is 13.2 Å². The molecule has 0 unspecified atom stereocenters. The monoisotopic (exact) mass is 1400 g/mol. The summed E-state index contributed by atoms with van der Waals surface area (Å²) in [4.78, 5) is 0. The van der Waals surface area contributed by atoms with Crippen LogP contribution in [0.1, 0.15) is 53.1 Å². The van der Waals surface area contributed by atoms with Crippen LogP contribution in [0, 0.1) is 47.8 Å². The smallest absolute Gasteiger partial charge is 0.0991 e. The lowest BCUT2D eigenvalue weighted by Gasteiger charge is -2.14. The van der Waals surface area contributed by atoms with E-state index < -0.39 is 0 Å². The second kappa shape index (κ2) is 23.7. The molecule has 0 aliphatic heterocycles. The molecule has 510 valence electrons. The fraction of sp³-hybridized carbons (Fsp3) is 0.0481. The molecule has 0 bridgehead atoms. The summed E-state index contributed by atoms with van der Waals surface area (Å²) < 4.78 is 7.39. The third-order valence-corrected chi connectivity index (χ3v) is 23.8. The highest BCUT2D eigenvalue weighted by Gasteiger charge is 2.26. The normalized spacial score (nSPS) is 12.1. The molecule has 110 heavy (non-hydrogen) atoms. The highest BCUT2D eigenvalue weighted by molar-refractivity contribution is 6.30. The molecule has 0 saturated heterocycles. The van der Waals surface area contributed by atoms with Crippen LogP contribution >= 0.6 is 0 Å². The average molecular weight is 1400 g/mol. The number of aryl methyl sites for hydroxylation is 2. The van der Waals surface area contributed by atoms with Crippen molar-refractivity contribution in [1.29, 1.82) is 15.8 Å². The Labute approximate surface area is 631 Å². The van der Waals surface area contributed by atoms with Crippen molar-refractivity contribution in [2.75, 3.05) is 0 Å². The molecule has 0 saturated carbocycles. The molecule has 6 heteroatoms. The lowest BCUT2D eigenvalue weighted by atomic mass is 9.89. The van der Waals surface area contributed by atoms with Crippen molar-refractivity contribution in [3.05, 3.63) is 343 Å². The maximum absolute atomic E-state index is 9.71. The van der Waals surface area contributed by atoms with E-state index in [1.165, 1.54) is 207 Å². The van der Waals surface area contributed by atoms with E-state index in [9.17, 15) is 15.8 Å². The van der Waals surface area contributed by atoms with Gasteiger partial charge in [0.25, 0.3) is 0 Å². The fourth-order valence-electron chi connectivity index (χ4n) is 18.8. The number of benzene rings is 18. The van der Waals surface area contributed by atoms with Gasteiger partial charge in [-0.15, -0.1) is 0 Å². The van der Waals surface area contributed by atoms with Gasteiger partial charge in [-0.2, -0.15) is 15.8 Å². The van der Waals surface area contributed by atoms with E-state index >= 15 is 0 Å². The van der Waals surface area contributed by atoms with E-state index in [1.54, 1.807) is 0 Å². The van der Waals surface area contributed by atoms with Gasteiger partial charge >= 0.3 is 0 Å². The molecule has 24 aromatic rings. The van der Waals surface area contributed by atoms with Crippen LogP contribution in [0.5, 0.6) is 0 Å². The third kappa shape index (κ3) is 9.32. The number of nitriles is 3. The molecule has 0 spiro atoms. The predicted octanol–water partition coefficient (Wildman–Crippen LogP) is 27.8. The number of hydrogen-bond donors (Lipinski definition) is 0. The summed E-state index contributed by atoms with van der Waals surface area (Å²) in [6, 6.07) is 119. The molecule has 6 aromatic heterocycles. The summed E-state index contributed by atoms with van der Waals surface area (Å²) in [5, 5.41) is 58.7. The van der Waals surface area contributed by atoms with Crippen LogP contribution in [0.15, 0.2) is 309 Å². The van der Waals surface area contributed by atoms with Crippen molar-refractivity contribution in [3.63, 3.8) is 0 Å². The van der Waals surface area contributed by atoms with E-state index in [0.717, 1.165) is 22.3 Å². The zero-order valence-electron chi connectivity index (χ0n) is 60.7. The van der Waals surface area contributed by atoms with Crippen molar-refractivity contribution < 1.29 is 0 Å². The molecule has 0 fully saturated rings. The summed E-state index contributed by atoms with van der Waals surface area (Å²) >= 11 is 0. The van der Waals surface area contributed by atoms with Crippen LogP contribution in [0.2, 0.25) is 0 Å². The maximum atomic E-state index is 9.71. The van der Waals surface area contributed by atoms with Crippen LogP contribution in [0.3, 0.4) is 0 Å². The molecule has 0 amide bonds. The summed E-state index contributed by atoms with van der Waals surface area (Å²) in [5.41, 5.74) is 23.9. The number of aromatic nitrogens is 3. The Morgan fingerprint density at radius 2 is 0.500 bits per heavy atom. The Balaban J connectivity index is 0.000000102. The van der Waals surface area contributed by atoms with Gasteiger partial charge in [-0.1, -0.05) is 178 Å². The largest absolute Gasteiger partial charge is 0.308 e. The van der Waals surface area contributed by atoms with Gasteiger partial charge in [-0.3, -0.25) is 0 Å². The summed E-state index contributed by atoms with van der Waals surface area (Å²) in [7, 11) is 0. The van der Waals surface area contributed by atoms with Gasteiger partial charge in [0, 0.05) is 64.6 Å². The van der Waals surface area contributed by atoms with Crippen LogP contribution in [0.4, 0.5) is 0 Å². The first kappa shape index (κ1) is 62.7. The highest BCUT2D eigenvalue weighted by Crippen LogP contribution is 2.49. The summed E-state index contributed by atoms with van der Waals surface area (Å²) in [6.45, 7) is 8.68. The Morgan fingerprint density at radius 1 is 0.236 bits per heavy atom. The number of rotatable bonds is 4. The van der Waals surface area contributed by atoms with E-state index in [4.69, 9.17) is 0 Å². The Morgan fingerprint density at radius 3 is 0.782 bits per heavy atom. The van der Waals surface area contributed by atoms with Gasteiger partial charge in [0.2, 0.25) is 0 Å². The minimum Gasteiger partial charge on any atom is -0.308 e. The van der Waals surface area contributed by atoms with Crippen molar-refractivity contribution in [2.45, 2.75) is 33.6 Å². The van der Waals surface area contributed by atoms with E-state index in [2.05, 4.69) is 338 Å². The molecule has 18 aromatic carbocycles. The zero-order chi connectivity index (χ0) is 73.5. The molecular weight excluding hydrogens is 1330 g/mol. The van der Waals surface area contributed by atoms with Gasteiger partial charge in [-0.05, 0) is 280 Å². The lowest BCUT2D eigenvalue weighted by molar-refractivity contribution is 0.869. The fourth-order valence-corrected chi connectivity index (χ4v) is 18.8. The third-order valence-electron chi connectivity index (χ3n) is 23.8. The number of fused-ring (bicyclic) bond motifs is 24. The summed E-state index contributed by atoms with van der Waals surface area (Å²) in [6.07, 6.45) is 0. The quantitative estimate of drug-likeness (QED) is 0.176. The minimum atomic E-state index is 0.350. The molecule has 0 N–H and O–H groups in total. The number of hydrogen-bond acceptors (Lipinski definition) is 3. The first-order valence-corrected chi connectivity index (χ1v) is 37.7. The topological polar surface area (TPSA) is 84.6 Å². The van der Waals surface area contributed by atoms with Crippen LogP contribution in [0.25, 0.3) is 212 Å². The molecule has 6 nitrogen and oxygen atoms in total. The zero-order valence-corrected chi connectivity index (χ0v) is 60.7. The molecule has 0 aliphatic rings. The molecule has 6 heterocycles. The molecule has 0 atom stereocenters. The second-order valence-electron chi connectivity index (χ2n) is 30.4. The first-order chi connectivity index (χ1) is 54.0. The molecule has 0 aliphatic carbocycles. The average Bonchev–Trinajstić information content (AvgIpc) is 1.55. The Hall–Kier alpha value is -14.6. The van der Waals surface area contributed by atoms with Gasteiger partial charge in [-0.25, -0.2) is 0 Å². The van der Waals surface area contributed by atoms with Gasteiger partial charge in [0.1, 0.15) is 0 Å². The van der Waals surface area contributed by atoms with Crippen LogP contribution in [-0.2, 0) is 0 Å². The van der Waals surface area contributed by atoms with Crippen LogP contribution in [-0.4, -0.2) is 13.2 Å². The van der Waals surface area contributed by atoms with Crippen molar-refractivity contribution in [2.24, 2.45) is 0 Å². The Bertz CT molecular complexity index is 7850. The van der Waals surface area contributed by atoms with Crippen molar-refractivity contribution >= 4 is 179 Å². The lowest BCUT2D eigenvalue weighted by Crippen LogP contribution is -1.94. The SMILES string of the molecule is CC(C)c1ccc(C#N)cc1-c1cc2c3cc4ccccc4cc3n3c4cc5ccccc5cc4c(c1)c23.Cc1cc(C#N)cc(C)c1-c1cc2c3cc4ccccc4cc3n3c4cc5ccccc5cc4c(c1)c23.N#Cc1ccc(-c2cc3c4cc5ccccc5cc4n4c5cc6ccccc6cc5c(c2)c34)cc1. The van der Waals surface area contributed by atoms with E-state index in [1.807, 2.05) is 30.3 Å². The van der Waals surface area contributed by atoms with Gasteiger partial charge in [0.05, 0.1) is 84.5 Å². The van der Waals surface area contributed by atoms with Crippen molar-refractivity contribution in [3.8, 4) is 51.6 Å². The Kier molecular flexibility index (Phi) is 13.5. The van der Waals surface area contributed by atoms with E-state index in [-0.39, 0.29) is 0 Å². The minimum absolute atomic E-state index is 0.350. The van der Waals surface area contributed by atoms with E-state index in [0.29, 0.717) is 22.6 Å². The highest BCUT2D eigenvalue weighted by atomic mass is 14.9. The number of nitrogens with zero attached hydrogens (tertiary/aromatic N) is 6. The maximum Gasteiger partial charge on any atom is 0.0991 e. The van der Waals surface area contributed by atoms with Crippen LogP contribution < -0.4 is 0 Å². The predicted molar refractivity (Wildman–Crippen MR) is 462 cm³/mol.